The van der Waals surface area contributed by atoms with E-state index >= 15 is 0 Å². The number of aromatic hydroxyl groups is 1. The molecule has 0 bridgehead atoms. The first kappa shape index (κ1) is 13.9. The van der Waals surface area contributed by atoms with Crippen LogP contribution in [0.2, 0.25) is 0 Å². The Kier molecular flexibility index (Phi) is 4.61. The van der Waals surface area contributed by atoms with E-state index < -0.39 is 11.5 Å². The van der Waals surface area contributed by atoms with Crippen molar-refractivity contribution in [1.82, 2.24) is 9.55 Å². The number of carbonyl (C=O) groups is 1. The van der Waals surface area contributed by atoms with Crippen LogP contribution in [-0.4, -0.2) is 25.7 Å². The van der Waals surface area contributed by atoms with Gasteiger partial charge in [0, 0.05) is 6.54 Å². The van der Waals surface area contributed by atoms with Crippen molar-refractivity contribution in [1.29, 1.82) is 0 Å². The zero-order valence-electron chi connectivity index (χ0n) is 9.42. The molecule has 1 heterocycles. The molecule has 0 fully saturated rings. The molecule has 0 aromatic carbocycles. The van der Waals surface area contributed by atoms with E-state index in [0.29, 0.717) is 0 Å². The SMILES string of the molecule is C=CCn1c(O)c(C=CCC(=O)O)c(=O)[nH]c1=S. The van der Waals surface area contributed by atoms with E-state index in [0.717, 1.165) is 0 Å². The molecule has 1 aromatic heterocycles. The molecule has 0 atom stereocenters. The molecule has 0 radical (unpaired) electrons. The highest BCUT2D eigenvalue weighted by Gasteiger charge is 2.09. The molecule has 0 saturated carbocycles. The maximum Gasteiger partial charge on any atom is 0.307 e. The molecule has 0 aliphatic heterocycles. The van der Waals surface area contributed by atoms with E-state index in [-0.39, 0.29) is 29.2 Å². The highest BCUT2D eigenvalue weighted by molar-refractivity contribution is 7.71. The Morgan fingerprint density at radius 1 is 1.56 bits per heavy atom. The second kappa shape index (κ2) is 5.97. The van der Waals surface area contributed by atoms with Crippen LogP contribution in [-0.2, 0) is 11.3 Å². The smallest absolute Gasteiger partial charge is 0.307 e. The fourth-order valence-electron chi connectivity index (χ4n) is 1.30. The lowest BCUT2D eigenvalue weighted by Gasteiger charge is -2.08. The van der Waals surface area contributed by atoms with E-state index in [9.17, 15) is 14.7 Å². The lowest BCUT2D eigenvalue weighted by molar-refractivity contribution is -0.135. The van der Waals surface area contributed by atoms with Crippen molar-refractivity contribution in [2.75, 3.05) is 0 Å². The number of carboxylic acids is 1. The standard InChI is InChI=1S/C11H12N2O4S/c1-2-6-13-10(17)7(4-3-5-8(14)15)9(16)12-11(13)18/h2-4,17H,1,5-6H2,(H,14,15)(H,12,16,18). The molecule has 0 aliphatic rings. The third-order valence-corrected chi connectivity index (χ3v) is 2.42. The predicted molar refractivity (Wildman–Crippen MR) is 69.0 cm³/mol. The van der Waals surface area contributed by atoms with Gasteiger partial charge in [0.2, 0.25) is 5.88 Å². The first-order valence-electron chi connectivity index (χ1n) is 5.02. The summed E-state index contributed by atoms with van der Waals surface area (Å²) in [6, 6.07) is 0. The van der Waals surface area contributed by atoms with Crippen molar-refractivity contribution >= 4 is 24.3 Å². The van der Waals surface area contributed by atoms with Gasteiger partial charge in [-0.05, 0) is 18.3 Å². The van der Waals surface area contributed by atoms with Gasteiger partial charge in [-0.2, -0.15) is 0 Å². The number of allylic oxidation sites excluding steroid dienone is 1. The van der Waals surface area contributed by atoms with Gasteiger partial charge in [0.1, 0.15) is 0 Å². The fraction of sp³-hybridized carbons (Fsp3) is 0.182. The third kappa shape index (κ3) is 3.17. The van der Waals surface area contributed by atoms with Gasteiger partial charge in [0.15, 0.2) is 4.77 Å². The van der Waals surface area contributed by atoms with E-state index in [1.807, 2.05) is 0 Å². The molecular weight excluding hydrogens is 256 g/mol. The van der Waals surface area contributed by atoms with E-state index in [1.165, 1.54) is 22.8 Å². The van der Waals surface area contributed by atoms with Crippen LogP contribution in [0.25, 0.3) is 6.08 Å². The first-order chi connectivity index (χ1) is 8.47. The van der Waals surface area contributed by atoms with Gasteiger partial charge in [-0.25, -0.2) is 0 Å². The summed E-state index contributed by atoms with van der Waals surface area (Å²) in [5.41, 5.74) is -0.605. The van der Waals surface area contributed by atoms with Gasteiger partial charge in [-0.1, -0.05) is 12.2 Å². The lowest BCUT2D eigenvalue weighted by atomic mass is 10.2. The summed E-state index contributed by atoms with van der Waals surface area (Å²) in [6.45, 7) is 3.75. The van der Waals surface area contributed by atoms with E-state index in [1.54, 1.807) is 0 Å². The first-order valence-corrected chi connectivity index (χ1v) is 5.43. The molecule has 0 spiro atoms. The Bertz CT molecular complexity index is 612. The molecule has 0 unspecified atom stereocenters. The Hall–Kier alpha value is -2.15. The second-order valence-corrected chi connectivity index (χ2v) is 3.78. The molecule has 3 N–H and O–H groups in total. The maximum absolute atomic E-state index is 11.6. The van der Waals surface area contributed by atoms with Gasteiger partial charge in [0.05, 0.1) is 12.0 Å². The number of hydrogen-bond donors (Lipinski definition) is 3. The summed E-state index contributed by atoms with van der Waals surface area (Å²) in [4.78, 5) is 24.3. The molecule has 1 rings (SSSR count). The molecule has 7 heteroatoms. The zero-order chi connectivity index (χ0) is 13.7. The van der Waals surface area contributed by atoms with Gasteiger partial charge in [0.25, 0.3) is 5.56 Å². The monoisotopic (exact) mass is 268 g/mol. The molecule has 6 nitrogen and oxygen atoms in total. The number of carboxylic acid groups (broad SMARTS) is 1. The largest absolute Gasteiger partial charge is 0.494 e. The predicted octanol–water partition coefficient (Wildman–Crippen LogP) is 1.29. The normalized spacial score (nSPS) is 10.7. The van der Waals surface area contributed by atoms with Gasteiger partial charge in [-0.3, -0.25) is 19.1 Å². The van der Waals surface area contributed by atoms with Crippen LogP contribution in [0, 0.1) is 4.77 Å². The van der Waals surface area contributed by atoms with Crippen LogP contribution in [0.15, 0.2) is 23.5 Å². The number of nitrogens with zero attached hydrogens (tertiary/aromatic N) is 1. The Morgan fingerprint density at radius 2 is 2.22 bits per heavy atom. The van der Waals surface area contributed by atoms with Crippen LogP contribution >= 0.6 is 12.2 Å². The Labute approximate surface area is 108 Å². The number of hydrogen-bond acceptors (Lipinski definition) is 4. The van der Waals surface area contributed by atoms with Gasteiger partial charge in [-0.15, -0.1) is 6.58 Å². The highest BCUT2D eigenvalue weighted by atomic mass is 32.1. The van der Waals surface area contributed by atoms with E-state index in [2.05, 4.69) is 11.6 Å². The molecule has 96 valence electrons. The molecule has 0 amide bonds. The summed E-state index contributed by atoms with van der Waals surface area (Å²) in [7, 11) is 0. The van der Waals surface area contributed by atoms with Crippen molar-refractivity contribution in [3.8, 4) is 5.88 Å². The zero-order valence-corrected chi connectivity index (χ0v) is 10.2. The summed E-state index contributed by atoms with van der Waals surface area (Å²) in [5, 5.41) is 18.4. The number of aromatic amines is 1. The third-order valence-electron chi connectivity index (χ3n) is 2.10. The van der Waals surface area contributed by atoms with Crippen molar-refractivity contribution in [2.24, 2.45) is 0 Å². The Balaban J connectivity index is 3.27. The van der Waals surface area contributed by atoms with Crippen LogP contribution in [0.1, 0.15) is 12.0 Å². The average Bonchev–Trinajstić information content (AvgIpc) is 2.28. The Morgan fingerprint density at radius 3 is 2.78 bits per heavy atom. The molecule has 0 aliphatic carbocycles. The van der Waals surface area contributed by atoms with Crippen LogP contribution in [0.4, 0.5) is 0 Å². The lowest BCUT2D eigenvalue weighted by Crippen LogP contribution is -2.16. The molecule has 18 heavy (non-hydrogen) atoms. The highest BCUT2D eigenvalue weighted by Crippen LogP contribution is 2.14. The van der Waals surface area contributed by atoms with Gasteiger partial charge >= 0.3 is 5.97 Å². The van der Waals surface area contributed by atoms with Crippen molar-refractivity contribution in [3.05, 3.63) is 39.4 Å². The number of rotatable bonds is 5. The van der Waals surface area contributed by atoms with Crippen molar-refractivity contribution in [2.45, 2.75) is 13.0 Å². The topological polar surface area (TPSA) is 95.3 Å². The second-order valence-electron chi connectivity index (χ2n) is 3.40. The minimum Gasteiger partial charge on any atom is -0.494 e. The maximum atomic E-state index is 11.6. The molecule has 0 saturated heterocycles. The summed E-state index contributed by atoms with van der Waals surface area (Å²) < 4.78 is 1.36. The van der Waals surface area contributed by atoms with Crippen LogP contribution in [0.3, 0.4) is 0 Å². The summed E-state index contributed by atoms with van der Waals surface area (Å²) in [6.07, 6.45) is 3.79. The number of H-pyrrole nitrogens is 1. The number of aliphatic carboxylic acids is 1. The average molecular weight is 268 g/mol. The van der Waals surface area contributed by atoms with Crippen molar-refractivity contribution < 1.29 is 15.0 Å². The number of nitrogens with one attached hydrogen (secondary N) is 1. The van der Waals surface area contributed by atoms with Gasteiger partial charge < -0.3 is 10.2 Å². The minimum absolute atomic E-state index is 0.0355. The number of aromatic nitrogens is 2. The van der Waals surface area contributed by atoms with Crippen LogP contribution in [0.5, 0.6) is 5.88 Å². The van der Waals surface area contributed by atoms with E-state index in [4.69, 9.17) is 17.3 Å². The van der Waals surface area contributed by atoms with Crippen molar-refractivity contribution in [3.63, 3.8) is 0 Å². The minimum atomic E-state index is -1.03. The summed E-state index contributed by atoms with van der Waals surface area (Å²) in [5.74, 6) is -1.34. The quantitative estimate of drug-likeness (QED) is 0.552. The van der Waals surface area contributed by atoms with Crippen LogP contribution < -0.4 is 5.56 Å². The summed E-state index contributed by atoms with van der Waals surface area (Å²) >= 11 is 4.89. The molecule has 1 aromatic rings. The fourth-order valence-corrected chi connectivity index (χ4v) is 1.56. The molecular formula is C11H12N2O4S.